The van der Waals surface area contributed by atoms with Crippen molar-refractivity contribution in [2.24, 2.45) is 7.05 Å². The van der Waals surface area contributed by atoms with Crippen molar-refractivity contribution < 1.29 is 28.1 Å². The van der Waals surface area contributed by atoms with Gasteiger partial charge in [0.15, 0.2) is 0 Å². The minimum atomic E-state index is -0.406. The number of nitrogens with zero attached hydrogens (tertiary/aromatic N) is 2. The van der Waals surface area contributed by atoms with Gasteiger partial charge in [-0.2, -0.15) is 0 Å². The molecule has 0 amide bonds. The van der Waals surface area contributed by atoms with E-state index in [0.717, 1.165) is 45.0 Å². The Labute approximate surface area is 238 Å². The molecule has 1 aliphatic carbocycles. The lowest BCUT2D eigenvalue weighted by Crippen LogP contribution is -2.09. The molecule has 0 saturated heterocycles. The summed E-state index contributed by atoms with van der Waals surface area (Å²) in [6, 6.07) is 13.1. The molecule has 0 saturated carbocycles. The van der Waals surface area contributed by atoms with Crippen molar-refractivity contribution >= 4 is 5.97 Å². The maximum Gasteiger partial charge on any atom is 0.306 e. The summed E-state index contributed by atoms with van der Waals surface area (Å²) in [5.41, 5.74) is 6.81. The topological polar surface area (TPSA) is 71.8 Å². The SMILES string of the molecule is COC(=O)C[C@@H]1COc2cc(OC3CCc4c(-c5c(C)cc(OCc6nccn6C)cc5C)ccc(F)c43)ccc21. The number of methoxy groups -OCH3 is 1. The summed E-state index contributed by atoms with van der Waals surface area (Å²) < 4.78 is 40.3. The normalized spacial score (nSPS) is 17.1. The van der Waals surface area contributed by atoms with E-state index in [2.05, 4.69) is 18.8 Å². The average molecular weight is 557 g/mol. The van der Waals surface area contributed by atoms with Gasteiger partial charge in [0.05, 0.1) is 20.1 Å². The van der Waals surface area contributed by atoms with E-state index in [0.29, 0.717) is 43.1 Å². The Morgan fingerprint density at radius 1 is 1.12 bits per heavy atom. The first-order valence-electron chi connectivity index (χ1n) is 13.8. The standard InChI is InChI=1S/C33H33FN2O5/c1-19-13-23(39-18-30-35-11-12-36(30)3)14-20(2)32(19)25-7-9-27(34)33-26(25)8-10-28(33)41-22-5-6-24-21(15-31(37)38-4)17-40-29(24)16-22/h5-7,9,11-14,16,21,28H,8,10,15,17-18H2,1-4H3/t21-,28?/m1/s1. The Hall–Kier alpha value is -4.33. The Kier molecular flexibility index (Phi) is 7.15. The van der Waals surface area contributed by atoms with E-state index in [1.807, 2.05) is 54.2 Å². The van der Waals surface area contributed by atoms with Crippen molar-refractivity contribution in [2.45, 2.75) is 51.7 Å². The summed E-state index contributed by atoms with van der Waals surface area (Å²) in [6.45, 7) is 4.93. The number of imidazole rings is 1. The zero-order chi connectivity index (χ0) is 28.7. The lowest BCUT2D eigenvalue weighted by molar-refractivity contribution is -0.141. The number of esters is 1. The summed E-state index contributed by atoms with van der Waals surface area (Å²) in [5.74, 6) is 2.37. The molecule has 1 aromatic heterocycles. The highest BCUT2D eigenvalue weighted by Gasteiger charge is 2.32. The maximum atomic E-state index is 15.3. The van der Waals surface area contributed by atoms with E-state index in [1.54, 1.807) is 12.3 Å². The van der Waals surface area contributed by atoms with Gasteiger partial charge in [0, 0.05) is 42.6 Å². The van der Waals surface area contributed by atoms with E-state index in [9.17, 15) is 4.79 Å². The van der Waals surface area contributed by atoms with Crippen molar-refractivity contribution in [3.05, 3.63) is 94.3 Å². The van der Waals surface area contributed by atoms with Gasteiger partial charge in [-0.3, -0.25) is 4.79 Å². The van der Waals surface area contributed by atoms with Crippen molar-refractivity contribution in [3.8, 4) is 28.4 Å². The van der Waals surface area contributed by atoms with Crippen molar-refractivity contribution in [2.75, 3.05) is 13.7 Å². The predicted octanol–water partition coefficient (Wildman–Crippen LogP) is 6.53. The van der Waals surface area contributed by atoms with Crippen LogP contribution in [0.15, 0.2) is 54.9 Å². The van der Waals surface area contributed by atoms with Gasteiger partial charge in [-0.15, -0.1) is 0 Å². The van der Waals surface area contributed by atoms with Gasteiger partial charge in [-0.05, 0) is 78.8 Å². The van der Waals surface area contributed by atoms with Crippen LogP contribution in [0.5, 0.6) is 17.2 Å². The molecule has 8 heteroatoms. The molecule has 7 nitrogen and oxygen atoms in total. The fourth-order valence-electron chi connectivity index (χ4n) is 6.09. The van der Waals surface area contributed by atoms with Crippen molar-refractivity contribution in [1.29, 1.82) is 0 Å². The average Bonchev–Trinajstić information content (AvgIpc) is 3.67. The van der Waals surface area contributed by atoms with E-state index >= 15 is 4.39 Å². The number of ether oxygens (including phenoxy) is 4. The summed E-state index contributed by atoms with van der Waals surface area (Å²) in [5, 5.41) is 0. The van der Waals surface area contributed by atoms with Gasteiger partial charge in [0.2, 0.25) is 0 Å². The van der Waals surface area contributed by atoms with Crippen LogP contribution in [0.25, 0.3) is 11.1 Å². The summed E-state index contributed by atoms with van der Waals surface area (Å²) in [7, 11) is 3.33. The molecule has 2 aliphatic rings. The molecule has 0 radical (unpaired) electrons. The molecule has 0 N–H and O–H groups in total. The number of aromatic nitrogens is 2. The van der Waals surface area contributed by atoms with Crippen LogP contribution in [-0.4, -0.2) is 29.2 Å². The summed E-state index contributed by atoms with van der Waals surface area (Å²) >= 11 is 0. The molecule has 41 heavy (non-hydrogen) atoms. The van der Waals surface area contributed by atoms with Crippen LogP contribution in [0.3, 0.4) is 0 Å². The Balaban J connectivity index is 1.24. The second kappa shape index (κ2) is 10.9. The number of halogens is 1. The first-order valence-corrected chi connectivity index (χ1v) is 13.8. The molecule has 0 spiro atoms. The number of rotatable bonds is 8. The first-order chi connectivity index (χ1) is 19.8. The second-order valence-corrected chi connectivity index (χ2v) is 10.8. The predicted molar refractivity (Wildman–Crippen MR) is 152 cm³/mol. The van der Waals surface area contributed by atoms with Gasteiger partial charge in [0.25, 0.3) is 0 Å². The van der Waals surface area contributed by atoms with Gasteiger partial charge in [-0.25, -0.2) is 9.37 Å². The second-order valence-electron chi connectivity index (χ2n) is 10.8. The largest absolute Gasteiger partial charge is 0.492 e. The molecule has 3 aromatic carbocycles. The number of hydrogen-bond acceptors (Lipinski definition) is 6. The molecule has 212 valence electrons. The van der Waals surface area contributed by atoms with Gasteiger partial charge in [0.1, 0.15) is 41.6 Å². The van der Waals surface area contributed by atoms with Crippen LogP contribution in [0.2, 0.25) is 0 Å². The van der Waals surface area contributed by atoms with Gasteiger partial charge in [-0.1, -0.05) is 12.1 Å². The third kappa shape index (κ3) is 5.14. The third-order valence-corrected chi connectivity index (χ3v) is 8.13. The minimum absolute atomic E-state index is 0.0446. The van der Waals surface area contributed by atoms with Crippen LogP contribution < -0.4 is 14.2 Å². The molecule has 2 heterocycles. The van der Waals surface area contributed by atoms with Gasteiger partial charge < -0.3 is 23.5 Å². The zero-order valence-electron chi connectivity index (χ0n) is 23.7. The molecule has 2 atom stereocenters. The number of fused-ring (bicyclic) bond motifs is 2. The highest BCUT2D eigenvalue weighted by molar-refractivity contribution is 5.76. The lowest BCUT2D eigenvalue weighted by Gasteiger charge is -2.19. The molecule has 1 unspecified atom stereocenters. The highest BCUT2D eigenvalue weighted by Crippen LogP contribution is 2.45. The summed E-state index contributed by atoms with van der Waals surface area (Å²) in [4.78, 5) is 16.1. The lowest BCUT2D eigenvalue weighted by atomic mass is 9.90. The number of benzene rings is 3. The van der Waals surface area contributed by atoms with E-state index in [-0.39, 0.29) is 24.1 Å². The molecule has 1 aliphatic heterocycles. The van der Waals surface area contributed by atoms with Crippen molar-refractivity contribution in [3.63, 3.8) is 0 Å². The smallest absolute Gasteiger partial charge is 0.306 e. The maximum absolute atomic E-state index is 15.3. The summed E-state index contributed by atoms with van der Waals surface area (Å²) in [6.07, 6.45) is 4.90. The van der Waals surface area contributed by atoms with Gasteiger partial charge >= 0.3 is 5.97 Å². The number of aryl methyl sites for hydroxylation is 3. The van der Waals surface area contributed by atoms with Crippen LogP contribution in [-0.2, 0) is 29.6 Å². The third-order valence-electron chi connectivity index (χ3n) is 8.13. The van der Waals surface area contributed by atoms with E-state index < -0.39 is 6.10 Å². The van der Waals surface area contributed by atoms with Crippen LogP contribution in [0.4, 0.5) is 4.39 Å². The molecule has 6 rings (SSSR count). The molecule has 0 bridgehead atoms. The van der Waals surface area contributed by atoms with Crippen LogP contribution >= 0.6 is 0 Å². The van der Waals surface area contributed by atoms with E-state index in [4.69, 9.17) is 18.9 Å². The fourth-order valence-corrected chi connectivity index (χ4v) is 6.09. The Bertz CT molecular complexity index is 1610. The van der Waals surface area contributed by atoms with Crippen LogP contribution in [0, 0.1) is 19.7 Å². The molecular weight excluding hydrogens is 523 g/mol. The number of carbonyl (C=O) groups excluding carboxylic acids is 1. The highest BCUT2D eigenvalue weighted by atomic mass is 19.1. The zero-order valence-corrected chi connectivity index (χ0v) is 23.7. The molecule has 4 aromatic rings. The first kappa shape index (κ1) is 26.9. The Morgan fingerprint density at radius 2 is 1.93 bits per heavy atom. The monoisotopic (exact) mass is 556 g/mol. The molecular formula is C33H33FN2O5. The van der Waals surface area contributed by atoms with E-state index in [1.165, 1.54) is 7.11 Å². The Morgan fingerprint density at radius 3 is 2.66 bits per heavy atom. The van der Waals surface area contributed by atoms with Crippen LogP contribution in [0.1, 0.15) is 58.5 Å². The number of carbonyl (C=O) groups is 1. The number of hydrogen-bond donors (Lipinski definition) is 0. The minimum Gasteiger partial charge on any atom is -0.492 e. The quantitative estimate of drug-likeness (QED) is 0.230. The van der Waals surface area contributed by atoms with Crippen molar-refractivity contribution in [1.82, 2.24) is 9.55 Å². The fraction of sp³-hybridized carbons (Fsp3) is 0.333. The molecule has 0 fully saturated rings.